The lowest BCUT2D eigenvalue weighted by molar-refractivity contribution is -0.136. The van der Waals surface area contributed by atoms with Gasteiger partial charge in [0.15, 0.2) is 0 Å². The number of nitrogens with zero attached hydrogens (tertiary/aromatic N) is 1. The van der Waals surface area contributed by atoms with E-state index in [1.807, 2.05) is 14.1 Å². The van der Waals surface area contributed by atoms with Crippen molar-refractivity contribution in [1.29, 1.82) is 0 Å². The number of hydrogen-bond acceptors (Lipinski definition) is 5. The van der Waals surface area contributed by atoms with Gasteiger partial charge in [-0.1, -0.05) is 0 Å². The topological polar surface area (TPSA) is 67.6 Å². The fourth-order valence-electron chi connectivity index (χ4n) is 2.73. The molecule has 1 fully saturated rings. The quantitative estimate of drug-likeness (QED) is 0.788. The summed E-state index contributed by atoms with van der Waals surface area (Å²) in [6.45, 7) is 2.22. The number of carbonyl (C=O) groups excluding carboxylic acids is 1. The summed E-state index contributed by atoms with van der Waals surface area (Å²) in [5.41, 5.74) is 6.66. The second-order valence-electron chi connectivity index (χ2n) is 5.84. The molecule has 8 heteroatoms. The Morgan fingerprint density at radius 3 is 2.57 bits per heavy atom. The number of nitrogens with two attached hydrogens (primary N) is 1. The first-order chi connectivity index (χ1) is 10.1. The second-order valence-corrected chi connectivity index (χ2v) is 6.62. The first-order valence-corrected chi connectivity index (χ1v) is 8.28. The molecule has 1 unspecified atom stereocenters. The van der Waals surface area contributed by atoms with E-state index < -0.39 is 5.41 Å². The van der Waals surface area contributed by atoms with Crippen LogP contribution in [-0.4, -0.2) is 51.2 Å². The molecular formula is C15H27Cl2N3O2S. The number of rotatable bonds is 6. The van der Waals surface area contributed by atoms with Gasteiger partial charge in [-0.2, -0.15) is 11.3 Å². The highest BCUT2D eigenvalue weighted by molar-refractivity contribution is 7.07. The van der Waals surface area contributed by atoms with E-state index in [1.165, 1.54) is 5.56 Å². The third-order valence-electron chi connectivity index (χ3n) is 4.33. The summed E-state index contributed by atoms with van der Waals surface area (Å²) in [5, 5.41) is 7.29. The van der Waals surface area contributed by atoms with Crippen LogP contribution in [0, 0.1) is 5.41 Å². The van der Waals surface area contributed by atoms with Gasteiger partial charge in [0.2, 0.25) is 5.91 Å². The SMILES string of the molecule is CN(C)C(CNC(=O)C1(CN)CCOCC1)c1ccsc1.Cl.Cl. The Morgan fingerprint density at radius 2 is 2.09 bits per heavy atom. The van der Waals surface area contributed by atoms with Gasteiger partial charge in [-0.15, -0.1) is 24.8 Å². The van der Waals surface area contributed by atoms with E-state index >= 15 is 0 Å². The monoisotopic (exact) mass is 383 g/mol. The van der Waals surface area contributed by atoms with Crippen LogP contribution < -0.4 is 11.1 Å². The molecule has 0 saturated carbocycles. The number of likely N-dealkylation sites (N-methyl/N-ethyl adjacent to an activating group) is 1. The first kappa shape index (κ1) is 22.6. The van der Waals surface area contributed by atoms with Gasteiger partial charge in [-0.05, 0) is 49.3 Å². The predicted molar refractivity (Wildman–Crippen MR) is 99.8 cm³/mol. The molecule has 1 atom stereocenters. The van der Waals surface area contributed by atoms with Gasteiger partial charge in [0, 0.05) is 26.3 Å². The van der Waals surface area contributed by atoms with Gasteiger partial charge >= 0.3 is 0 Å². The molecule has 134 valence electrons. The summed E-state index contributed by atoms with van der Waals surface area (Å²) in [7, 11) is 4.06. The molecule has 23 heavy (non-hydrogen) atoms. The number of halogens is 2. The largest absolute Gasteiger partial charge is 0.381 e. The fraction of sp³-hybridized carbons (Fsp3) is 0.667. The highest BCUT2D eigenvalue weighted by atomic mass is 35.5. The Bertz CT molecular complexity index is 452. The third-order valence-corrected chi connectivity index (χ3v) is 5.03. The zero-order valence-corrected chi connectivity index (χ0v) is 16.1. The molecule has 5 nitrogen and oxygen atoms in total. The minimum absolute atomic E-state index is 0. The molecule has 1 aliphatic rings. The fourth-order valence-corrected chi connectivity index (χ4v) is 3.43. The Kier molecular flexibility index (Phi) is 10.3. The van der Waals surface area contributed by atoms with Crippen molar-refractivity contribution in [1.82, 2.24) is 10.2 Å². The van der Waals surface area contributed by atoms with E-state index in [0.717, 1.165) is 0 Å². The highest BCUT2D eigenvalue weighted by Crippen LogP contribution is 2.30. The van der Waals surface area contributed by atoms with Gasteiger partial charge in [-0.25, -0.2) is 0 Å². The van der Waals surface area contributed by atoms with Crippen molar-refractivity contribution in [2.24, 2.45) is 11.1 Å². The smallest absolute Gasteiger partial charge is 0.227 e. The predicted octanol–water partition coefficient (Wildman–Crippen LogP) is 2.07. The number of nitrogens with one attached hydrogen (secondary N) is 1. The van der Waals surface area contributed by atoms with E-state index in [1.54, 1.807) is 11.3 Å². The van der Waals surface area contributed by atoms with E-state index in [0.29, 0.717) is 39.1 Å². The van der Waals surface area contributed by atoms with Crippen LogP contribution in [0.3, 0.4) is 0 Å². The van der Waals surface area contributed by atoms with Crippen LogP contribution >= 0.6 is 36.2 Å². The van der Waals surface area contributed by atoms with Crippen molar-refractivity contribution in [3.63, 3.8) is 0 Å². The van der Waals surface area contributed by atoms with Crippen molar-refractivity contribution >= 4 is 42.1 Å². The molecule has 0 radical (unpaired) electrons. The first-order valence-electron chi connectivity index (χ1n) is 7.34. The maximum Gasteiger partial charge on any atom is 0.227 e. The van der Waals surface area contributed by atoms with Gasteiger partial charge < -0.3 is 20.7 Å². The summed E-state index contributed by atoms with van der Waals surface area (Å²) in [6.07, 6.45) is 1.42. The summed E-state index contributed by atoms with van der Waals surface area (Å²) in [6, 6.07) is 2.30. The number of carbonyl (C=O) groups is 1. The standard InChI is InChI=1S/C15H25N3O2S.2ClH/c1-18(2)13(12-3-8-21-10-12)9-17-14(19)15(11-16)4-6-20-7-5-15;;/h3,8,10,13H,4-7,9,11,16H2,1-2H3,(H,17,19);2*1H. The summed E-state index contributed by atoms with van der Waals surface area (Å²) in [5.74, 6) is 0.0652. The van der Waals surface area contributed by atoms with Gasteiger partial charge in [0.25, 0.3) is 0 Å². The summed E-state index contributed by atoms with van der Waals surface area (Å²) >= 11 is 1.68. The van der Waals surface area contributed by atoms with Gasteiger partial charge in [0.05, 0.1) is 11.5 Å². The molecule has 0 spiro atoms. The zero-order chi connectivity index (χ0) is 15.3. The molecule has 1 amide bonds. The Morgan fingerprint density at radius 1 is 1.43 bits per heavy atom. The molecule has 2 rings (SSSR count). The molecule has 1 saturated heterocycles. The number of hydrogen-bond donors (Lipinski definition) is 2. The minimum Gasteiger partial charge on any atom is -0.381 e. The van der Waals surface area contributed by atoms with Gasteiger partial charge in [-0.3, -0.25) is 4.79 Å². The van der Waals surface area contributed by atoms with Gasteiger partial charge in [0.1, 0.15) is 0 Å². The molecule has 1 aromatic heterocycles. The average Bonchev–Trinajstić information content (AvgIpc) is 3.01. The van der Waals surface area contributed by atoms with Crippen LogP contribution in [0.5, 0.6) is 0 Å². The van der Waals surface area contributed by atoms with E-state index in [4.69, 9.17) is 10.5 Å². The lowest BCUT2D eigenvalue weighted by atomic mass is 9.79. The minimum atomic E-state index is -0.455. The van der Waals surface area contributed by atoms with Crippen molar-refractivity contribution in [2.45, 2.75) is 18.9 Å². The summed E-state index contributed by atoms with van der Waals surface area (Å²) < 4.78 is 5.36. The van der Waals surface area contributed by atoms with Crippen molar-refractivity contribution in [3.05, 3.63) is 22.4 Å². The third kappa shape index (κ3) is 5.59. The van der Waals surface area contributed by atoms with E-state index in [-0.39, 0.29) is 36.8 Å². The highest BCUT2D eigenvalue weighted by Gasteiger charge is 2.38. The summed E-state index contributed by atoms with van der Waals surface area (Å²) in [4.78, 5) is 14.7. The number of ether oxygens (including phenoxy) is 1. The average molecular weight is 384 g/mol. The van der Waals surface area contributed by atoms with Crippen LogP contribution in [-0.2, 0) is 9.53 Å². The van der Waals surface area contributed by atoms with Crippen LogP contribution in [0.15, 0.2) is 16.8 Å². The Balaban J connectivity index is 0.00000242. The molecular weight excluding hydrogens is 357 g/mol. The van der Waals surface area contributed by atoms with Crippen LogP contribution in [0.2, 0.25) is 0 Å². The molecule has 0 bridgehead atoms. The molecule has 1 aromatic rings. The molecule has 3 N–H and O–H groups in total. The zero-order valence-electron chi connectivity index (χ0n) is 13.6. The maximum absolute atomic E-state index is 12.6. The maximum atomic E-state index is 12.6. The molecule has 0 aromatic carbocycles. The van der Waals surface area contributed by atoms with Crippen LogP contribution in [0.4, 0.5) is 0 Å². The number of amides is 1. The van der Waals surface area contributed by atoms with Crippen molar-refractivity contribution < 1.29 is 9.53 Å². The van der Waals surface area contributed by atoms with Crippen molar-refractivity contribution in [2.75, 3.05) is 40.4 Å². The lowest BCUT2D eigenvalue weighted by Gasteiger charge is -2.35. The molecule has 0 aliphatic carbocycles. The molecule has 1 aliphatic heterocycles. The molecule has 2 heterocycles. The van der Waals surface area contributed by atoms with E-state index in [2.05, 4.69) is 27.0 Å². The Labute approximate surface area is 154 Å². The lowest BCUT2D eigenvalue weighted by Crippen LogP contribution is -2.50. The normalized spacial score (nSPS) is 17.7. The van der Waals surface area contributed by atoms with E-state index in [9.17, 15) is 4.79 Å². The van der Waals surface area contributed by atoms with Crippen LogP contribution in [0.1, 0.15) is 24.4 Å². The number of thiophene rings is 1. The van der Waals surface area contributed by atoms with Crippen molar-refractivity contribution in [3.8, 4) is 0 Å². The van der Waals surface area contributed by atoms with Crippen LogP contribution in [0.25, 0.3) is 0 Å². The second kappa shape index (κ2) is 10.5. The Hall–Kier alpha value is -0.370.